The summed E-state index contributed by atoms with van der Waals surface area (Å²) in [5, 5.41) is 2.87. The first-order valence-corrected chi connectivity index (χ1v) is 6.31. The van der Waals surface area contributed by atoms with Crippen LogP contribution in [0.3, 0.4) is 0 Å². The van der Waals surface area contributed by atoms with E-state index in [1.807, 2.05) is 0 Å². The van der Waals surface area contributed by atoms with Gasteiger partial charge in [0.15, 0.2) is 5.75 Å². The van der Waals surface area contributed by atoms with Crippen molar-refractivity contribution in [2.24, 2.45) is 0 Å². The fraction of sp³-hybridized carbons (Fsp3) is 0.214. The Morgan fingerprint density at radius 1 is 1.32 bits per heavy atom. The van der Waals surface area contributed by atoms with Gasteiger partial charge in [0, 0.05) is 19.2 Å². The Labute approximate surface area is 124 Å². The lowest BCUT2D eigenvalue weighted by Crippen LogP contribution is -2.08. The molecule has 0 spiro atoms. The van der Waals surface area contributed by atoms with Crippen LogP contribution >= 0.6 is 0 Å². The molecule has 0 aliphatic rings. The van der Waals surface area contributed by atoms with Gasteiger partial charge < -0.3 is 20.5 Å². The van der Waals surface area contributed by atoms with Crippen molar-refractivity contribution in [3.63, 3.8) is 0 Å². The minimum atomic E-state index is -2.69. The summed E-state index contributed by atoms with van der Waals surface area (Å²) in [5.74, 6) is -0.693. The number of nitrogens with two attached hydrogens (primary N) is 1. The second kappa shape index (κ2) is 6.88. The molecule has 8 heteroatoms. The maximum Gasteiger partial charge on any atom is 0.272 e. The summed E-state index contributed by atoms with van der Waals surface area (Å²) >= 11 is 0. The van der Waals surface area contributed by atoms with Gasteiger partial charge >= 0.3 is 0 Å². The standard InChI is InChI=1S/C14H14F3N3O2/c1-19-11-5-9(2-3-10(11)18)22-14-12(21-7-13(16)17)4-8(15)6-20-14/h2-6,13,19H,7,18H2,1H3. The number of benzene rings is 1. The third-order valence-electron chi connectivity index (χ3n) is 2.66. The third-order valence-corrected chi connectivity index (χ3v) is 2.66. The average molecular weight is 313 g/mol. The van der Waals surface area contributed by atoms with Crippen LogP contribution in [0.2, 0.25) is 0 Å². The lowest BCUT2D eigenvalue weighted by Gasteiger charge is -2.12. The van der Waals surface area contributed by atoms with Crippen LogP contribution in [0.5, 0.6) is 17.4 Å². The fourth-order valence-electron chi connectivity index (χ4n) is 1.67. The molecule has 0 amide bonds. The summed E-state index contributed by atoms with van der Waals surface area (Å²) in [7, 11) is 1.68. The zero-order chi connectivity index (χ0) is 16.1. The normalized spacial score (nSPS) is 10.6. The van der Waals surface area contributed by atoms with E-state index in [2.05, 4.69) is 10.3 Å². The summed E-state index contributed by atoms with van der Waals surface area (Å²) in [5.41, 5.74) is 6.86. The van der Waals surface area contributed by atoms with E-state index in [0.717, 1.165) is 12.3 Å². The number of aromatic nitrogens is 1. The Bertz CT molecular complexity index is 653. The van der Waals surface area contributed by atoms with Crippen molar-refractivity contribution in [2.75, 3.05) is 24.7 Å². The van der Waals surface area contributed by atoms with E-state index in [0.29, 0.717) is 17.1 Å². The number of nitrogens with one attached hydrogen (secondary N) is 1. The molecule has 0 aliphatic heterocycles. The summed E-state index contributed by atoms with van der Waals surface area (Å²) in [6.45, 7) is -0.884. The molecule has 0 saturated carbocycles. The lowest BCUT2D eigenvalue weighted by molar-refractivity contribution is 0.0802. The van der Waals surface area contributed by atoms with Gasteiger partial charge in [-0.1, -0.05) is 0 Å². The molecule has 3 N–H and O–H groups in total. The van der Waals surface area contributed by atoms with Gasteiger partial charge in [-0.05, 0) is 12.1 Å². The molecule has 5 nitrogen and oxygen atoms in total. The molecule has 0 radical (unpaired) electrons. The van der Waals surface area contributed by atoms with E-state index < -0.39 is 18.8 Å². The van der Waals surface area contributed by atoms with Gasteiger partial charge in [0.2, 0.25) is 0 Å². The SMILES string of the molecule is CNc1cc(Oc2ncc(F)cc2OCC(F)F)ccc1N. The molecule has 0 atom stereocenters. The molecular weight excluding hydrogens is 299 g/mol. The number of nitrogens with zero attached hydrogens (tertiary/aromatic N) is 1. The molecular formula is C14H14F3N3O2. The van der Waals surface area contributed by atoms with E-state index in [-0.39, 0.29) is 11.6 Å². The summed E-state index contributed by atoms with van der Waals surface area (Å²) in [4.78, 5) is 3.71. The van der Waals surface area contributed by atoms with Crippen LogP contribution in [0.1, 0.15) is 0 Å². The summed E-state index contributed by atoms with van der Waals surface area (Å²) in [6, 6.07) is 5.70. The molecule has 1 aromatic heterocycles. The molecule has 0 aliphatic carbocycles. The van der Waals surface area contributed by atoms with Gasteiger partial charge in [-0.2, -0.15) is 0 Å². The van der Waals surface area contributed by atoms with E-state index in [1.165, 1.54) is 0 Å². The highest BCUT2D eigenvalue weighted by Gasteiger charge is 2.13. The number of rotatable bonds is 6. The highest BCUT2D eigenvalue weighted by molar-refractivity contribution is 5.68. The number of anilines is 2. The van der Waals surface area contributed by atoms with Crippen molar-refractivity contribution in [3.05, 3.63) is 36.3 Å². The topological polar surface area (TPSA) is 69.4 Å². The number of nitrogen functional groups attached to an aromatic ring is 1. The van der Waals surface area contributed by atoms with Gasteiger partial charge in [-0.25, -0.2) is 18.2 Å². The van der Waals surface area contributed by atoms with Crippen LogP contribution in [0.4, 0.5) is 24.5 Å². The highest BCUT2D eigenvalue weighted by Crippen LogP contribution is 2.32. The van der Waals surface area contributed by atoms with Gasteiger partial charge in [0.05, 0.1) is 17.6 Å². The van der Waals surface area contributed by atoms with Gasteiger partial charge in [0.1, 0.15) is 18.2 Å². The van der Waals surface area contributed by atoms with Crippen LogP contribution in [0.25, 0.3) is 0 Å². The Morgan fingerprint density at radius 3 is 2.77 bits per heavy atom. The Morgan fingerprint density at radius 2 is 2.09 bits per heavy atom. The molecule has 22 heavy (non-hydrogen) atoms. The summed E-state index contributed by atoms with van der Waals surface area (Å²) < 4.78 is 47.9. The monoisotopic (exact) mass is 313 g/mol. The van der Waals surface area contributed by atoms with Crippen LogP contribution in [-0.4, -0.2) is 25.1 Å². The van der Waals surface area contributed by atoms with E-state index >= 15 is 0 Å². The largest absolute Gasteiger partial charge is 0.482 e. The number of ether oxygens (including phenoxy) is 2. The molecule has 1 aromatic carbocycles. The number of pyridine rings is 1. The Kier molecular flexibility index (Phi) is 4.92. The Hall–Kier alpha value is -2.64. The lowest BCUT2D eigenvalue weighted by atomic mass is 10.2. The van der Waals surface area contributed by atoms with Crippen molar-refractivity contribution in [1.29, 1.82) is 0 Å². The molecule has 0 fully saturated rings. The van der Waals surface area contributed by atoms with Crippen LogP contribution in [0, 0.1) is 5.82 Å². The molecule has 0 bridgehead atoms. The van der Waals surface area contributed by atoms with Crippen LogP contribution < -0.4 is 20.5 Å². The predicted octanol–water partition coefficient (Wildman–Crippen LogP) is 3.28. The maximum absolute atomic E-state index is 13.2. The van der Waals surface area contributed by atoms with Crippen molar-refractivity contribution in [1.82, 2.24) is 4.98 Å². The van der Waals surface area contributed by atoms with Crippen molar-refractivity contribution < 1.29 is 22.6 Å². The van der Waals surface area contributed by atoms with Crippen molar-refractivity contribution in [3.8, 4) is 17.4 Å². The van der Waals surface area contributed by atoms with Gasteiger partial charge in [-0.3, -0.25) is 0 Å². The second-order valence-corrected chi connectivity index (χ2v) is 4.26. The minimum Gasteiger partial charge on any atom is -0.482 e. The zero-order valence-electron chi connectivity index (χ0n) is 11.6. The maximum atomic E-state index is 13.2. The van der Waals surface area contributed by atoms with Crippen molar-refractivity contribution >= 4 is 11.4 Å². The zero-order valence-corrected chi connectivity index (χ0v) is 11.6. The van der Waals surface area contributed by atoms with Gasteiger partial charge in [-0.15, -0.1) is 0 Å². The van der Waals surface area contributed by atoms with E-state index in [9.17, 15) is 13.2 Å². The first-order valence-electron chi connectivity index (χ1n) is 6.31. The highest BCUT2D eigenvalue weighted by atomic mass is 19.3. The molecule has 2 aromatic rings. The van der Waals surface area contributed by atoms with Crippen molar-refractivity contribution in [2.45, 2.75) is 6.43 Å². The second-order valence-electron chi connectivity index (χ2n) is 4.26. The Balaban J connectivity index is 2.24. The van der Waals surface area contributed by atoms with Crippen LogP contribution in [-0.2, 0) is 0 Å². The molecule has 0 unspecified atom stereocenters. The van der Waals surface area contributed by atoms with Crippen LogP contribution in [0.15, 0.2) is 30.5 Å². The molecule has 1 heterocycles. The van der Waals surface area contributed by atoms with E-state index in [1.54, 1.807) is 25.2 Å². The summed E-state index contributed by atoms with van der Waals surface area (Å²) in [6.07, 6.45) is -1.79. The molecule has 0 saturated heterocycles. The first kappa shape index (κ1) is 15.7. The quantitative estimate of drug-likeness (QED) is 0.801. The van der Waals surface area contributed by atoms with E-state index in [4.69, 9.17) is 15.2 Å². The fourth-order valence-corrected chi connectivity index (χ4v) is 1.67. The number of hydrogen-bond donors (Lipinski definition) is 2. The first-order chi connectivity index (χ1) is 10.5. The minimum absolute atomic E-state index is 0.117. The predicted molar refractivity (Wildman–Crippen MR) is 76.2 cm³/mol. The smallest absolute Gasteiger partial charge is 0.272 e. The number of halogens is 3. The third kappa shape index (κ3) is 3.94. The number of hydrogen-bond acceptors (Lipinski definition) is 5. The van der Waals surface area contributed by atoms with Gasteiger partial charge in [0.25, 0.3) is 12.3 Å². The molecule has 118 valence electrons. The average Bonchev–Trinajstić information content (AvgIpc) is 2.49. The number of alkyl halides is 2. The molecule has 2 rings (SSSR count).